The molecule has 0 aromatic carbocycles. The van der Waals surface area contributed by atoms with Gasteiger partial charge < -0.3 is 10.5 Å². The number of nitrogens with two attached hydrogens (primary N) is 1. The molecule has 0 amide bonds. The molecule has 0 saturated heterocycles. The summed E-state index contributed by atoms with van der Waals surface area (Å²) in [5, 5.41) is 0. The van der Waals surface area contributed by atoms with Gasteiger partial charge in [-0.25, -0.2) is 0 Å². The zero-order valence-electron chi connectivity index (χ0n) is 11.4. The summed E-state index contributed by atoms with van der Waals surface area (Å²) in [5.41, 5.74) is 5.94. The van der Waals surface area contributed by atoms with Crippen LogP contribution in [0.1, 0.15) is 24.8 Å². The van der Waals surface area contributed by atoms with E-state index in [1.54, 1.807) is 18.4 Å². The third kappa shape index (κ3) is 4.86. The minimum atomic E-state index is 0.236. The van der Waals surface area contributed by atoms with Crippen LogP contribution in [0.5, 0.6) is 0 Å². The fourth-order valence-electron chi connectivity index (χ4n) is 2.00. The van der Waals surface area contributed by atoms with Crippen molar-refractivity contribution in [3.05, 3.63) is 21.3 Å². The maximum Gasteiger partial charge on any atom is 0.0931 e. The first kappa shape index (κ1) is 15.9. The second-order valence-electron chi connectivity index (χ2n) is 4.77. The lowest BCUT2D eigenvalue weighted by molar-refractivity contribution is 0.113. The molecule has 1 aromatic rings. The standard InChI is InChI=1S/C13H23ClN2OS/c1-10(2)9-16(6-7-17-3)11(8-15)12-4-5-13(14)18-12/h4-5,10-11H,6-9,15H2,1-3H3. The van der Waals surface area contributed by atoms with Crippen molar-refractivity contribution in [2.24, 2.45) is 11.7 Å². The predicted octanol–water partition coefficient (Wildman–Crippen LogP) is 3.01. The summed E-state index contributed by atoms with van der Waals surface area (Å²) in [5.74, 6) is 0.603. The van der Waals surface area contributed by atoms with E-state index in [0.29, 0.717) is 12.5 Å². The van der Waals surface area contributed by atoms with Crippen LogP contribution in [0.3, 0.4) is 0 Å². The normalized spacial score (nSPS) is 13.5. The van der Waals surface area contributed by atoms with Gasteiger partial charge in [0.05, 0.1) is 17.0 Å². The summed E-state index contributed by atoms with van der Waals surface area (Å²) < 4.78 is 6.00. The van der Waals surface area contributed by atoms with Crippen LogP contribution >= 0.6 is 22.9 Å². The van der Waals surface area contributed by atoms with Gasteiger partial charge in [-0.1, -0.05) is 25.4 Å². The number of hydrogen-bond donors (Lipinski definition) is 1. The van der Waals surface area contributed by atoms with Crippen LogP contribution in [0, 0.1) is 5.92 Å². The van der Waals surface area contributed by atoms with Crippen LogP contribution in [0.2, 0.25) is 4.34 Å². The second kappa shape index (κ2) is 8.12. The third-order valence-electron chi connectivity index (χ3n) is 2.77. The third-order valence-corrected chi connectivity index (χ3v) is 4.10. The molecule has 1 aromatic heterocycles. The molecule has 18 heavy (non-hydrogen) atoms. The molecule has 1 rings (SSSR count). The van der Waals surface area contributed by atoms with Crippen molar-refractivity contribution in [3.63, 3.8) is 0 Å². The molecule has 0 bridgehead atoms. The number of methoxy groups -OCH3 is 1. The van der Waals surface area contributed by atoms with E-state index < -0.39 is 0 Å². The molecule has 0 aliphatic heterocycles. The largest absolute Gasteiger partial charge is 0.383 e. The highest BCUT2D eigenvalue weighted by Gasteiger charge is 2.21. The zero-order chi connectivity index (χ0) is 13.5. The van der Waals surface area contributed by atoms with Crippen molar-refractivity contribution in [1.29, 1.82) is 0 Å². The number of halogens is 1. The molecule has 1 heterocycles. The number of rotatable bonds is 8. The highest BCUT2D eigenvalue weighted by Crippen LogP contribution is 2.30. The highest BCUT2D eigenvalue weighted by molar-refractivity contribution is 7.16. The summed E-state index contributed by atoms with van der Waals surface area (Å²) in [4.78, 5) is 3.62. The fourth-order valence-corrected chi connectivity index (χ4v) is 3.21. The Morgan fingerprint density at radius 2 is 2.17 bits per heavy atom. The van der Waals surface area contributed by atoms with E-state index in [0.717, 1.165) is 24.0 Å². The maximum atomic E-state index is 6.01. The molecule has 0 aliphatic rings. The topological polar surface area (TPSA) is 38.5 Å². The van der Waals surface area contributed by atoms with Gasteiger partial charge in [0.15, 0.2) is 0 Å². The summed E-state index contributed by atoms with van der Waals surface area (Å²) in [7, 11) is 1.73. The highest BCUT2D eigenvalue weighted by atomic mass is 35.5. The van der Waals surface area contributed by atoms with Crippen LogP contribution in [0.4, 0.5) is 0 Å². The van der Waals surface area contributed by atoms with Crippen LogP contribution in [0.15, 0.2) is 12.1 Å². The Labute approximate surface area is 119 Å². The number of thiophene rings is 1. The lowest BCUT2D eigenvalue weighted by Crippen LogP contribution is -2.38. The first-order valence-electron chi connectivity index (χ1n) is 6.26. The molecule has 0 radical (unpaired) electrons. The van der Waals surface area contributed by atoms with Gasteiger partial charge in [-0.05, 0) is 18.1 Å². The zero-order valence-corrected chi connectivity index (χ0v) is 12.9. The van der Waals surface area contributed by atoms with Gasteiger partial charge in [-0.2, -0.15) is 0 Å². The van der Waals surface area contributed by atoms with Crippen molar-refractivity contribution in [3.8, 4) is 0 Å². The van der Waals surface area contributed by atoms with E-state index in [2.05, 4.69) is 24.8 Å². The van der Waals surface area contributed by atoms with Crippen molar-refractivity contribution in [2.45, 2.75) is 19.9 Å². The van der Waals surface area contributed by atoms with Gasteiger partial charge in [0, 0.05) is 31.6 Å². The van der Waals surface area contributed by atoms with Gasteiger partial charge >= 0.3 is 0 Å². The molecule has 2 N–H and O–H groups in total. The van der Waals surface area contributed by atoms with Gasteiger partial charge in [0.25, 0.3) is 0 Å². The van der Waals surface area contributed by atoms with E-state index in [-0.39, 0.29) is 6.04 Å². The average molecular weight is 291 g/mol. The Morgan fingerprint density at radius 1 is 1.44 bits per heavy atom. The second-order valence-corrected chi connectivity index (χ2v) is 6.52. The molecule has 0 saturated carbocycles. The molecular formula is C13H23ClN2OS. The molecule has 0 aliphatic carbocycles. The van der Waals surface area contributed by atoms with Crippen LogP contribution < -0.4 is 5.73 Å². The minimum absolute atomic E-state index is 0.236. The van der Waals surface area contributed by atoms with Crippen molar-refractivity contribution in [1.82, 2.24) is 4.90 Å². The van der Waals surface area contributed by atoms with Gasteiger partial charge in [-0.15, -0.1) is 11.3 Å². The van der Waals surface area contributed by atoms with Gasteiger partial charge in [-0.3, -0.25) is 4.90 Å². The maximum absolute atomic E-state index is 6.01. The number of hydrogen-bond acceptors (Lipinski definition) is 4. The van der Waals surface area contributed by atoms with Crippen LogP contribution in [-0.4, -0.2) is 38.3 Å². The van der Waals surface area contributed by atoms with Crippen molar-refractivity contribution >= 4 is 22.9 Å². The van der Waals surface area contributed by atoms with E-state index in [9.17, 15) is 0 Å². The lowest BCUT2D eigenvalue weighted by atomic mass is 10.1. The Morgan fingerprint density at radius 3 is 2.61 bits per heavy atom. The quantitative estimate of drug-likeness (QED) is 0.800. The van der Waals surface area contributed by atoms with Crippen LogP contribution in [-0.2, 0) is 4.74 Å². The van der Waals surface area contributed by atoms with E-state index in [1.807, 2.05) is 6.07 Å². The Hall–Kier alpha value is -0.130. The average Bonchev–Trinajstić information content (AvgIpc) is 2.72. The van der Waals surface area contributed by atoms with E-state index in [1.165, 1.54) is 4.88 Å². The first-order valence-corrected chi connectivity index (χ1v) is 7.46. The first-order chi connectivity index (χ1) is 8.58. The predicted molar refractivity (Wildman–Crippen MR) is 79.4 cm³/mol. The molecule has 0 spiro atoms. The summed E-state index contributed by atoms with van der Waals surface area (Å²) in [6, 6.07) is 4.25. The molecule has 1 unspecified atom stereocenters. The number of ether oxygens (including phenoxy) is 1. The molecule has 5 heteroatoms. The molecule has 3 nitrogen and oxygen atoms in total. The molecule has 104 valence electrons. The Balaban J connectivity index is 2.78. The van der Waals surface area contributed by atoms with Crippen LogP contribution in [0.25, 0.3) is 0 Å². The molecular weight excluding hydrogens is 268 g/mol. The fraction of sp³-hybridized carbons (Fsp3) is 0.692. The SMILES string of the molecule is COCCN(CC(C)C)C(CN)c1ccc(Cl)s1. The van der Waals surface area contributed by atoms with Crippen molar-refractivity contribution in [2.75, 3.05) is 33.4 Å². The summed E-state index contributed by atoms with van der Waals surface area (Å²) in [6.45, 7) is 7.67. The minimum Gasteiger partial charge on any atom is -0.383 e. The smallest absolute Gasteiger partial charge is 0.0931 e. The lowest BCUT2D eigenvalue weighted by Gasteiger charge is -2.31. The van der Waals surface area contributed by atoms with E-state index in [4.69, 9.17) is 22.1 Å². The molecule has 1 atom stereocenters. The molecule has 0 fully saturated rings. The monoisotopic (exact) mass is 290 g/mol. The van der Waals surface area contributed by atoms with Crippen molar-refractivity contribution < 1.29 is 4.74 Å². The number of nitrogens with zero attached hydrogens (tertiary/aromatic N) is 1. The Kier molecular flexibility index (Phi) is 7.19. The van der Waals surface area contributed by atoms with Gasteiger partial charge in [0.1, 0.15) is 0 Å². The Bertz CT molecular complexity index is 343. The van der Waals surface area contributed by atoms with Gasteiger partial charge in [0.2, 0.25) is 0 Å². The summed E-state index contributed by atoms with van der Waals surface area (Å²) in [6.07, 6.45) is 0. The summed E-state index contributed by atoms with van der Waals surface area (Å²) >= 11 is 7.62. The van der Waals surface area contributed by atoms with E-state index >= 15 is 0 Å².